The Labute approximate surface area is 157 Å². The molecule has 0 aliphatic carbocycles. The molecule has 0 N–H and O–H groups in total. The fraction of sp³-hybridized carbons (Fsp3) is 0.889. The van der Waals surface area contributed by atoms with E-state index in [1.165, 1.54) is 14.2 Å². The lowest BCUT2D eigenvalue weighted by atomic mass is 9.90. The predicted molar refractivity (Wildman–Crippen MR) is 96.7 cm³/mol. The summed E-state index contributed by atoms with van der Waals surface area (Å²) in [4.78, 5) is 0. The van der Waals surface area contributed by atoms with Crippen molar-refractivity contribution in [2.75, 3.05) is 41.5 Å². The minimum Gasteiger partial charge on any atom is -0.376 e. The maximum atomic E-state index is 9.27. The first-order valence-electron chi connectivity index (χ1n) is 8.35. The second-order valence-electron chi connectivity index (χ2n) is 7.35. The number of hydrogen-bond donors (Lipinski definition) is 0. The van der Waals surface area contributed by atoms with Gasteiger partial charge in [-0.3, -0.25) is 0 Å². The Morgan fingerprint density at radius 3 is 1.15 bits per heavy atom. The van der Waals surface area contributed by atoms with E-state index in [1.54, 1.807) is 28.1 Å². The zero-order chi connectivity index (χ0) is 20.5. The van der Waals surface area contributed by atoms with E-state index in [-0.39, 0.29) is 13.1 Å². The third-order valence-electron chi connectivity index (χ3n) is 4.69. The van der Waals surface area contributed by atoms with Gasteiger partial charge in [0.1, 0.15) is 0 Å². The summed E-state index contributed by atoms with van der Waals surface area (Å²) in [5, 5.41) is 27.0. The number of hydrogen-bond acceptors (Lipinski definition) is 8. The molecule has 0 heterocycles. The molecule has 4 atom stereocenters. The standard InChI is InChI=1S/C18H32N4O4/c1-15(11-19,23-5)9-17(3,25-7)13-21-22-14-18(4,26-8)10-16(2,12-20)24-6/h9-10,13-14H2,1-8H3. The summed E-state index contributed by atoms with van der Waals surface area (Å²) >= 11 is 0. The Balaban J connectivity index is 4.99. The van der Waals surface area contributed by atoms with Crippen molar-refractivity contribution in [3.8, 4) is 12.1 Å². The first kappa shape index (κ1) is 24.4. The Morgan fingerprint density at radius 2 is 0.962 bits per heavy atom. The van der Waals surface area contributed by atoms with Crippen molar-refractivity contribution in [3.63, 3.8) is 0 Å². The van der Waals surface area contributed by atoms with E-state index in [2.05, 4.69) is 22.4 Å². The molecule has 0 aromatic carbocycles. The van der Waals surface area contributed by atoms with E-state index in [0.717, 1.165) is 0 Å². The highest BCUT2D eigenvalue weighted by Crippen LogP contribution is 2.28. The van der Waals surface area contributed by atoms with Gasteiger partial charge in [-0.05, 0) is 27.7 Å². The van der Waals surface area contributed by atoms with Crippen LogP contribution in [0.4, 0.5) is 0 Å². The molecule has 0 aromatic heterocycles. The van der Waals surface area contributed by atoms with Crippen LogP contribution < -0.4 is 0 Å². The Kier molecular flexibility index (Phi) is 9.33. The highest BCUT2D eigenvalue weighted by molar-refractivity contribution is 5.04. The molecule has 0 aromatic rings. The molecule has 26 heavy (non-hydrogen) atoms. The third kappa shape index (κ3) is 7.35. The van der Waals surface area contributed by atoms with E-state index in [4.69, 9.17) is 18.9 Å². The van der Waals surface area contributed by atoms with Gasteiger partial charge in [0.15, 0.2) is 11.2 Å². The molecular weight excluding hydrogens is 336 g/mol. The molecular formula is C18H32N4O4. The lowest BCUT2D eigenvalue weighted by Gasteiger charge is -2.33. The SMILES string of the molecule is COC(C)(C#N)CC(C)(CN=NCC(C)(CC(C)(C#N)OC)OC)OC. The van der Waals surface area contributed by atoms with Crippen molar-refractivity contribution >= 4 is 0 Å². The Morgan fingerprint density at radius 1 is 0.654 bits per heavy atom. The molecule has 0 amide bonds. The highest BCUT2D eigenvalue weighted by atomic mass is 16.5. The summed E-state index contributed by atoms with van der Waals surface area (Å²) in [6.45, 7) is 7.66. The van der Waals surface area contributed by atoms with Crippen LogP contribution in [0.25, 0.3) is 0 Å². The van der Waals surface area contributed by atoms with Crippen LogP contribution in [-0.4, -0.2) is 63.9 Å². The quantitative estimate of drug-likeness (QED) is 0.490. The van der Waals surface area contributed by atoms with Crippen LogP contribution in [0.3, 0.4) is 0 Å². The molecule has 0 fully saturated rings. The van der Waals surface area contributed by atoms with Crippen LogP contribution in [-0.2, 0) is 18.9 Å². The van der Waals surface area contributed by atoms with Gasteiger partial charge in [-0.2, -0.15) is 20.8 Å². The fourth-order valence-corrected chi connectivity index (χ4v) is 2.53. The van der Waals surface area contributed by atoms with E-state index >= 15 is 0 Å². The zero-order valence-electron chi connectivity index (χ0n) is 17.3. The predicted octanol–water partition coefficient (Wildman–Crippen LogP) is 2.89. The molecule has 0 bridgehead atoms. The molecule has 0 aliphatic heterocycles. The van der Waals surface area contributed by atoms with E-state index < -0.39 is 22.4 Å². The maximum absolute atomic E-state index is 9.27. The number of nitrogens with zero attached hydrogens (tertiary/aromatic N) is 4. The van der Waals surface area contributed by atoms with Gasteiger partial charge in [0.2, 0.25) is 0 Å². The van der Waals surface area contributed by atoms with E-state index in [9.17, 15) is 10.5 Å². The van der Waals surface area contributed by atoms with E-state index in [0.29, 0.717) is 12.8 Å². The van der Waals surface area contributed by atoms with Gasteiger partial charge in [0.05, 0.1) is 36.4 Å². The van der Waals surface area contributed by atoms with Crippen LogP contribution in [0.2, 0.25) is 0 Å². The van der Waals surface area contributed by atoms with Crippen molar-refractivity contribution in [2.45, 2.75) is 62.9 Å². The minimum absolute atomic E-state index is 0.268. The van der Waals surface area contributed by atoms with Crippen LogP contribution in [0, 0.1) is 22.7 Å². The minimum atomic E-state index is -0.964. The van der Waals surface area contributed by atoms with Gasteiger partial charge >= 0.3 is 0 Å². The summed E-state index contributed by atoms with van der Waals surface area (Å²) in [6.07, 6.45) is 0.695. The normalized spacial score (nSPS) is 21.0. The molecule has 0 radical (unpaired) electrons. The second kappa shape index (κ2) is 9.94. The van der Waals surface area contributed by atoms with Gasteiger partial charge in [-0.15, -0.1) is 0 Å². The lowest BCUT2D eigenvalue weighted by Crippen LogP contribution is -2.42. The molecule has 148 valence electrons. The smallest absolute Gasteiger partial charge is 0.153 e. The number of ether oxygens (including phenoxy) is 4. The van der Waals surface area contributed by atoms with Gasteiger partial charge in [-0.25, -0.2) is 0 Å². The average molecular weight is 368 g/mol. The van der Waals surface area contributed by atoms with Crippen molar-refractivity contribution in [2.24, 2.45) is 10.2 Å². The summed E-state index contributed by atoms with van der Waals surface area (Å²) in [6, 6.07) is 4.28. The molecule has 0 rings (SSSR count). The number of rotatable bonds is 12. The molecule has 0 saturated heterocycles. The number of nitriles is 2. The van der Waals surface area contributed by atoms with Gasteiger partial charge in [0, 0.05) is 41.3 Å². The highest BCUT2D eigenvalue weighted by Gasteiger charge is 2.37. The van der Waals surface area contributed by atoms with Gasteiger partial charge in [0.25, 0.3) is 0 Å². The topological polar surface area (TPSA) is 109 Å². The third-order valence-corrected chi connectivity index (χ3v) is 4.69. The second-order valence-corrected chi connectivity index (χ2v) is 7.35. The van der Waals surface area contributed by atoms with Crippen molar-refractivity contribution < 1.29 is 18.9 Å². The summed E-state index contributed by atoms with van der Waals surface area (Å²) < 4.78 is 21.6. The van der Waals surface area contributed by atoms with Crippen LogP contribution in [0.15, 0.2) is 10.2 Å². The van der Waals surface area contributed by atoms with Crippen LogP contribution in [0.5, 0.6) is 0 Å². The summed E-state index contributed by atoms with van der Waals surface area (Å²) in [7, 11) is 6.12. The maximum Gasteiger partial charge on any atom is 0.153 e. The molecule has 8 heteroatoms. The summed E-state index contributed by atoms with van der Waals surface area (Å²) in [5.74, 6) is 0. The molecule has 0 spiro atoms. The largest absolute Gasteiger partial charge is 0.376 e. The molecule has 8 nitrogen and oxygen atoms in total. The first-order valence-corrected chi connectivity index (χ1v) is 8.35. The van der Waals surface area contributed by atoms with Crippen molar-refractivity contribution in [3.05, 3.63) is 0 Å². The molecule has 0 saturated carbocycles. The lowest BCUT2D eigenvalue weighted by molar-refractivity contribution is -0.0622. The average Bonchev–Trinajstić information content (AvgIpc) is 2.65. The monoisotopic (exact) mass is 368 g/mol. The first-order chi connectivity index (χ1) is 12.0. The van der Waals surface area contributed by atoms with Gasteiger partial charge < -0.3 is 18.9 Å². The van der Waals surface area contributed by atoms with Gasteiger partial charge in [-0.1, -0.05) is 0 Å². The molecule has 4 unspecified atom stereocenters. The Bertz CT molecular complexity index is 510. The van der Waals surface area contributed by atoms with Crippen molar-refractivity contribution in [1.29, 1.82) is 10.5 Å². The van der Waals surface area contributed by atoms with Crippen molar-refractivity contribution in [1.82, 2.24) is 0 Å². The Hall–Kier alpha value is -1.58. The van der Waals surface area contributed by atoms with Crippen LogP contribution in [0.1, 0.15) is 40.5 Å². The zero-order valence-corrected chi connectivity index (χ0v) is 17.3. The van der Waals surface area contributed by atoms with Crippen LogP contribution >= 0.6 is 0 Å². The number of azo groups is 1. The fourth-order valence-electron chi connectivity index (χ4n) is 2.53. The summed E-state index contributed by atoms with van der Waals surface area (Å²) in [5.41, 5.74) is -3.31. The number of methoxy groups -OCH3 is 4. The van der Waals surface area contributed by atoms with E-state index in [1.807, 2.05) is 13.8 Å². The molecule has 0 aliphatic rings.